The van der Waals surface area contributed by atoms with Crippen LogP contribution in [0.4, 0.5) is 19.0 Å². The third-order valence-corrected chi connectivity index (χ3v) is 2.61. The van der Waals surface area contributed by atoms with Crippen molar-refractivity contribution in [2.24, 2.45) is 5.10 Å². The number of nitrogens with zero attached hydrogens (tertiary/aromatic N) is 2. The summed E-state index contributed by atoms with van der Waals surface area (Å²) in [6, 6.07) is 9.08. The van der Waals surface area contributed by atoms with Gasteiger partial charge in [0.15, 0.2) is 0 Å². The van der Waals surface area contributed by atoms with Crippen molar-refractivity contribution in [1.82, 2.24) is 4.98 Å². The van der Waals surface area contributed by atoms with Crippen molar-refractivity contribution in [1.29, 1.82) is 0 Å². The topological polar surface area (TPSA) is 37.3 Å². The van der Waals surface area contributed by atoms with E-state index in [1.807, 2.05) is 0 Å². The summed E-state index contributed by atoms with van der Waals surface area (Å²) in [6.45, 7) is 0. The van der Waals surface area contributed by atoms with E-state index in [1.165, 1.54) is 12.3 Å². The molecule has 1 heterocycles. The van der Waals surface area contributed by atoms with Crippen LogP contribution in [-0.2, 0) is 6.18 Å². The van der Waals surface area contributed by atoms with Gasteiger partial charge in [0.2, 0.25) is 0 Å². The Bertz CT molecular complexity index is 592. The normalized spacial score (nSPS) is 11.8. The summed E-state index contributed by atoms with van der Waals surface area (Å²) in [6.07, 6.45) is -2.13. The molecule has 7 heteroatoms. The van der Waals surface area contributed by atoms with Crippen molar-refractivity contribution in [3.8, 4) is 0 Å². The average molecular weight is 300 g/mol. The fraction of sp³-hybridized carbons (Fsp3) is 0.0769. The Balaban J connectivity index is 1.99. The highest BCUT2D eigenvalue weighted by Gasteiger charge is 2.30. The molecule has 0 saturated carbocycles. The molecule has 0 amide bonds. The van der Waals surface area contributed by atoms with Gasteiger partial charge in [0, 0.05) is 11.2 Å². The molecule has 1 aromatic heterocycles. The third kappa shape index (κ3) is 3.96. The van der Waals surface area contributed by atoms with Crippen molar-refractivity contribution < 1.29 is 13.2 Å². The molecule has 0 aliphatic rings. The number of benzene rings is 1. The summed E-state index contributed by atoms with van der Waals surface area (Å²) in [7, 11) is 0. The van der Waals surface area contributed by atoms with E-state index < -0.39 is 11.7 Å². The maximum Gasteiger partial charge on any atom is 0.417 e. The van der Waals surface area contributed by atoms with Gasteiger partial charge in [-0.2, -0.15) is 18.3 Å². The Labute approximate surface area is 118 Å². The standard InChI is InChI=1S/C13H9ClF3N3/c14-11-4-1-9(2-5-11)7-19-20-12-6-3-10(8-18-12)13(15,16)17/h1-8H,(H,18,20)/b19-7+. The summed E-state index contributed by atoms with van der Waals surface area (Å²) >= 11 is 5.73. The average Bonchev–Trinajstić information content (AvgIpc) is 2.41. The van der Waals surface area contributed by atoms with E-state index in [0.29, 0.717) is 5.02 Å². The minimum absolute atomic E-state index is 0.225. The molecule has 2 rings (SSSR count). The molecule has 0 aliphatic carbocycles. The summed E-state index contributed by atoms with van der Waals surface area (Å²) in [5.41, 5.74) is 2.54. The van der Waals surface area contributed by atoms with Gasteiger partial charge in [0.05, 0.1) is 11.8 Å². The Morgan fingerprint density at radius 1 is 1.10 bits per heavy atom. The van der Waals surface area contributed by atoms with E-state index >= 15 is 0 Å². The van der Waals surface area contributed by atoms with Gasteiger partial charge in [0.25, 0.3) is 0 Å². The van der Waals surface area contributed by atoms with Gasteiger partial charge in [0.1, 0.15) is 5.82 Å². The second-order valence-corrected chi connectivity index (χ2v) is 4.29. The molecule has 1 N–H and O–H groups in total. The van der Waals surface area contributed by atoms with Gasteiger partial charge in [-0.1, -0.05) is 23.7 Å². The second kappa shape index (κ2) is 5.92. The molecule has 0 fully saturated rings. The molecule has 0 bridgehead atoms. The zero-order valence-corrected chi connectivity index (χ0v) is 10.8. The first-order valence-corrected chi connectivity index (χ1v) is 5.91. The van der Waals surface area contributed by atoms with Crippen molar-refractivity contribution in [2.45, 2.75) is 6.18 Å². The van der Waals surface area contributed by atoms with Crippen LogP contribution in [0.5, 0.6) is 0 Å². The lowest BCUT2D eigenvalue weighted by Gasteiger charge is -2.06. The summed E-state index contributed by atoms with van der Waals surface area (Å²) in [5, 5.41) is 4.48. The number of alkyl halides is 3. The number of pyridine rings is 1. The predicted octanol–water partition coefficient (Wildman–Crippen LogP) is 4.20. The Kier molecular flexibility index (Phi) is 4.24. The molecule has 0 atom stereocenters. The minimum atomic E-state index is -4.39. The van der Waals surface area contributed by atoms with Crippen molar-refractivity contribution in [3.63, 3.8) is 0 Å². The van der Waals surface area contributed by atoms with Gasteiger partial charge >= 0.3 is 6.18 Å². The third-order valence-electron chi connectivity index (χ3n) is 2.35. The quantitative estimate of drug-likeness (QED) is 0.681. The first kappa shape index (κ1) is 14.3. The zero-order valence-electron chi connectivity index (χ0n) is 10.0. The van der Waals surface area contributed by atoms with Crippen LogP contribution in [0.1, 0.15) is 11.1 Å². The number of hydrogen-bond acceptors (Lipinski definition) is 3. The van der Waals surface area contributed by atoms with Crippen molar-refractivity contribution >= 4 is 23.6 Å². The lowest BCUT2D eigenvalue weighted by atomic mass is 10.2. The van der Waals surface area contributed by atoms with Crippen LogP contribution in [0.3, 0.4) is 0 Å². The highest BCUT2D eigenvalue weighted by molar-refractivity contribution is 6.30. The Morgan fingerprint density at radius 2 is 1.80 bits per heavy atom. The summed E-state index contributed by atoms with van der Waals surface area (Å²) in [4.78, 5) is 3.62. The highest BCUT2D eigenvalue weighted by Crippen LogP contribution is 2.28. The lowest BCUT2D eigenvalue weighted by Crippen LogP contribution is -2.05. The number of halogens is 4. The molecular formula is C13H9ClF3N3. The van der Waals surface area contributed by atoms with E-state index in [0.717, 1.165) is 17.8 Å². The number of anilines is 1. The number of aromatic nitrogens is 1. The van der Waals surface area contributed by atoms with Gasteiger partial charge in [-0.3, -0.25) is 5.43 Å². The van der Waals surface area contributed by atoms with Gasteiger partial charge in [-0.15, -0.1) is 0 Å². The largest absolute Gasteiger partial charge is 0.417 e. The van der Waals surface area contributed by atoms with Crippen LogP contribution in [0.25, 0.3) is 0 Å². The van der Waals surface area contributed by atoms with Crippen LogP contribution in [0.2, 0.25) is 5.02 Å². The summed E-state index contributed by atoms with van der Waals surface area (Å²) < 4.78 is 37.0. The van der Waals surface area contributed by atoms with Gasteiger partial charge in [-0.25, -0.2) is 4.98 Å². The molecule has 20 heavy (non-hydrogen) atoms. The van der Waals surface area contributed by atoms with Crippen molar-refractivity contribution in [3.05, 3.63) is 58.7 Å². The van der Waals surface area contributed by atoms with E-state index in [9.17, 15) is 13.2 Å². The molecule has 0 unspecified atom stereocenters. The predicted molar refractivity (Wildman–Crippen MR) is 71.9 cm³/mol. The first-order chi connectivity index (χ1) is 9.45. The molecule has 2 aromatic rings. The molecule has 0 aliphatic heterocycles. The van der Waals surface area contributed by atoms with Crippen LogP contribution in [-0.4, -0.2) is 11.2 Å². The SMILES string of the molecule is FC(F)(F)c1ccc(N/N=C/c2ccc(Cl)cc2)nc1. The monoisotopic (exact) mass is 299 g/mol. The Hall–Kier alpha value is -2.08. The first-order valence-electron chi connectivity index (χ1n) is 5.53. The van der Waals surface area contributed by atoms with Gasteiger partial charge < -0.3 is 0 Å². The number of hydrogen-bond donors (Lipinski definition) is 1. The Morgan fingerprint density at radius 3 is 2.35 bits per heavy atom. The lowest BCUT2D eigenvalue weighted by molar-refractivity contribution is -0.137. The van der Waals surface area contributed by atoms with Gasteiger partial charge in [-0.05, 0) is 29.8 Å². The van der Waals surface area contributed by atoms with E-state index in [-0.39, 0.29) is 5.82 Å². The second-order valence-electron chi connectivity index (χ2n) is 3.85. The molecule has 0 spiro atoms. The van der Waals surface area contributed by atoms with Crippen LogP contribution in [0, 0.1) is 0 Å². The highest BCUT2D eigenvalue weighted by atomic mass is 35.5. The van der Waals surface area contributed by atoms with Crippen molar-refractivity contribution in [2.75, 3.05) is 5.43 Å². The molecular weight excluding hydrogens is 291 g/mol. The maximum atomic E-state index is 12.3. The minimum Gasteiger partial charge on any atom is -0.261 e. The fourth-order valence-electron chi connectivity index (χ4n) is 1.35. The van der Waals surface area contributed by atoms with Crippen LogP contribution < -0.4 is 5.43 Å². The molecule has 104 valence electrons. The smallest absolute Gasteiger partial charge is 0.261 e. The van der Waals surface area contributed by atoms with E-state index in [1.54, 1.807) is 24.3 Å². The number of hydrazone groups is 1. The fourth-order valence-corrected chi connectivity index (χ4v) is 1.48. The van der Waals surface area contributed by atoms with E-state index in [2.05, 4.69) is 15.5 Å². The van der Waals surface area contributed by atoms with E-state index in [4.69, 9.17) is 11.6 Å². The molecule has 3 nitrogen and oxygen atoms in total. The zero-order chi connectivity index (χ0) is 14.6. The van der Waals surface area contributed by atoms with Crippen LogP contribution >= 0.6 is 11.6 Å². The molecule has 1 aromatic carbocycles. The molecule has 0 radical (unpaired) electrons. The van der Waals surface area contributed by atoms with Crippen LogP contribution in [0.15, 0.2) is 47.7 Å². The number of rotatable bonds is 3. The number of nitrogens with one attached hydrogen (secondary N) is 1. The maximum absolute atomic E-state index is 12.3. The molecule has 0 saturated heterocycles. The summed E-state index contributed by atoms with van der Waals surface area (Å²) in [5.74, 6) is 0.225.